The van der Waals surface area contributed by atoms with Crippen LogP contribution < -0.4 is 28.4 Å². The molecule has 394 valence electrons. The van der Waals surface area contributed by atoms with Crippen LogP contribution in [-0.4, -0.2) is 128 Å². The van der Waals surface area contributed by atoms with Crippen LogP contribution in [0.3, 0.4) is 0 Å². The fraction of sp³-hybridized carbons (Fsp3) is 0.462. The fourth-order valence-corrected chi connectivity index (χ4v) is 8.78. The number of carbonyl (C=O) groups is 2. The van der Waals surface area contributed by atoms with Gasteiger partial charge in [-0.05, 0) is 87.8 Å². The molecule has 2 unspecified atom stereocenters. The van der Waals surface area contributed by atoms with E-state index in [4.69, 9.17) is 42.6 Å². The third-order valence-corrected chi connectivity index (χ3v) is 12.5. The van der Waals surface area contributed by atoms with Gasteiger partial charge in [0.1, 0.15) is 70.1 Å². The average Bonchev–Trinajstić information content (AvgIpc) is 4.27. The first-order chi connectivity index (χ1) is 34.7. The maximum Gasteiger partial charge on any atom is 0.387 e. The van der Waals surface area contributed by atoms with Gasteiger partial charge in [-0.1, -0.05) is 0 Å². The lowest BCUT2D eigenvalue weighted by Gasteiger charge is -2.35. The summed E-state index contributed by atoms with van der Waals surface area (Å²) < 4.78 is 105. The van der Waals surface area contributed by atoms with E-state index in [0.717, 1.165) is 45.3 Å². The number of Topliss-reactive ketones (excluding diaryl/α,β-unsaturated/α-hetero) is 2. The minimum absolute atomic E-state index is 0. The monoisotopic (exact) mass is 1130 g/mol. The van der Waals surface area contributed by atoms with E-state index in [9.17, 15) is 27.2 Å². The summed E-state index contributed by atoms with van der Waals surface area (Å²) in [6.45, 7) is 1.26. The van der Waals surface area contributed by atoms with Crippen LogP contribution in [0.4, 0.5) is 17.6 Å². The molecule has 6 aromatic rings. The molecular weight excluding hydrogens is 1070 g/mol. The molecule has 2 saturated carbocycles. The normalized spacial score (nSPS) is 16.8. The van der Waals surface area contributed by atoms with Gasteiger partial charge in [0.15, 0.2) is 17.9 Å². The molecule has 21 heteroatoms. The Morgan fingerprint density at radius 3 is 1.51 bits per heavy atom. The molecular formula is C52H60F4IN5O11. The van der Waals surface area contributed by atoms with E-state index in [1.807, 2.05) is 22.7 Å². The molecule has 0 N–H and O–H groups in total. The zero-order valence-corrected chi connectivity index (χ0v) is 43.7. The Kier molecular flexibility index (Phi) is 18.8. The van der Waals surface area contributed by atoms with Crippen LogP contribution in [0.1, 0.15) is 73.1 Å². The van der Waals surface area contributed by atoms with Gasteiger partial charge >= 0.3 is 13.2 Å². The lowest BCUT2D eigenvalue weighted by Crippen LogP contribution is -2.46. The molecule has 0 spiro atoms. The molecule has 2 aromatic carbocycles. The Balaban J connectivity index is 0.000000212. The van der Waals surface area contributed by atoms with Crippen molar-refractivity contribution in [1.29, 1.82) is 0 Å². The Bertz CT molecular complexity index is 2830. The molecule has 0 amide bonds. The number of benzene rings is 2. The first-order valence-corrected chi connectivity index (χ1v) is 23.8. The van der Waals surface area contributed by atoms with Crippen LogP contribution in [0.5, 0.6) is 34.5 Å². The number of morpholine rings is 1. The highest BCUT2D eigenvalue weighted by atomic mass is 127. The van der Waals surface area contributed by atoms with E-state index in [0.29, 0.717) is 57.8 Å². The maximum atomic E-state index is 13.3. The summed E-state index contributed by atoms with van der Waals surface area (Å²) in [6, 6.07) is 13.3. The van der Waals surface area contributed by atoms with Crippen molar-refractivity contribution in [2.75, 3.05) is 61.3 Å². The lowest BCUT2D eigenvalue weighted by atomic mass is 10.00. The summed E-state index contributed by atoms with van der Waals surface area (Å²) in [7, 11) is 5.85. The topological polar surface area (TPSA) is 155 Å². The van der Waals surface area contributed by atoms with Crippen molar-refractivity contribution in [3.63, 3.8) is 0 Å². The second kappa shape index (κ2) is 25.0. The SMILES string of the molecule is COc1cc(-c2cnc3cc(OCC(OC)OC)ccn23)cc(OC(F)F)c1C(=O)CC1CC1.COc1cc(-c2cnc3cc(OCCN4CC(C)OC(C)C4)ccn23)cc(OC(F)F)c1C(=O)CC1CC1.I. The third-order valence-electron chi connectivity index (χ3n) is 12.5. The third kappa shape index (κ3) is 14.1. The Hall–Kier alpha value is -5.75. The van der Waals surface area contributed by atoms with Gasteiger partial charge < -0.3 is 42.6 Å². The molecule has 73 heavy (non-hydrogen) atoms. The molecule has 1 saturated heterocycles. The van der Waals surface area contributed by atoms with E-state index in [2.05, 4.69) is 28.7 Å². The maximum absolute atomic E-state index is 13.3. The number of halogens is 5. The lowest BCUT2D eigenvalue weighted by molar-refractivity contribution is -0.121. The van der Waals surface area contributed by atoms with Crippen molar-refractivity contribution in [2.45, 2.75) is 84.1 Å². The summed E-state index contributed by atoms with van der Waals surface area (Å²) in [6.07, 6.45) is 11.1. The standard InChI is InChI=1S/C28H33F2N3O5.C24H26F2N2O6.HI/c1-17-15-32(16-18(2)37-17)8-9-36-21-6-7-33-22(14-31-26(33)13-21)20-11-24(35-3)27(23(34)10-19-4-5-19)25(12-20)38-28(29)30;1-30-19-9-15(10-20(34-24(25)26)23(19)18(29)8-14-4-5-14)17-12-27-21-11-16(6-7-28(17)21)33-13-22(31-2)32-3;/h6-7,11-14,17-19,28H,4-5,8-10,15-16H2,1-3H3;6-7,9-12,14,22,24H,4-5,8,13H2,1-3H3;1H. The molecule has 9 rings (SSSR count). The molecule has 0 radical (unpaired) electrons. The number of imidazole rings is 2. The second-order valence-electron chi connectivity index (χ2n) is 18.0. The number of rotatable bonds is 23. The summed E-state index contributed by atoms with van der Waals surface area (Å²) >= 11 is 0. The van der Waals surface area contributed by atoms with Crippen LogP contribution in [0, 0.1) is 11.8 Å². The molecule has 1 aliphatic heterocycles. The number of fused-ring (bicyclic) bond motifs is 2. The number of hydrogen-bond acceptors (Lipinski definition) is 14. The van der Waals surface area contributed by atoms with Crippen molar-refractivity contribution >= 4 is 46.8 Å². The highest BCUT2D eigenvalue weighted by Gasteiger charge is 2.32. The van der Waals surface area contributed by atoms with Gasteiger partial charge in [0.2, 0.25) is 0 Å². The zero-order chi connectivity index (χ0) is 51.1. The van der Waals surface area contributed by atoms with Crippen LogP contribution in [0.15, 0.2) is 73.3 Å². The number of alkyl halides is 4. The molecule has 4 aromatic heterocycles. The van der Waals surface area contributed by atoms with Gasteiger partial charge in [0, 0.05) is 82.3 Å². The first-order valence-electron chi connectivity index (χ1n) is 23.8. The van der Waals surface area contributed by atoms with Gasteiger partial charge in [-0.25, -0.2) is 9.97 Å². The number of pyridine rings is 2. The van der Waals surface area contributed by atoms with Gasteiger partial charge in [0.25, 0.3) is 0 Å². The Morgan fingerprint density at radius 2 is 1.10 bits per heavy atom. The fourth-order valence-electron chi connectivity index (χ4n) is 8.78. The van der Waals surface area contributed by atoms with Gasteiger partial charge in [-0.2, -0.15) is 17.6 Å². The summed E-state index contributed by atoms with van der Waals surface area (Å²) in [5.41, 5.74) is 3.59. The molecule has 3 fully saturated rings. The molecule has 16 nitrogen and oxygen atoms in total. The first kappa shape index (κ1) is 55.0. The number of aromatic nitrogens is 4. The van der Waals surface area contributed by atoms with Crippen molar-refractivity contribution in [3.8, 4) is 57.0 Å². The minimum Gasteiger partial charge on any atom is -0.496 e. The summed E-state index contributed by atoms with van der Waals surface area (Å²) in [4.78, 5) is 36.9. The minimum atomic E-state index is -3.09. The molecule has 3 aliphatic rings. The van der Waals surface area contributed by atoms with Crippen LogP contribution >= 0.6 is 24.0 Å². The van der Waals surface area contributed by atoms with E-state index in [-0.39, 0.29) is 107 Å². The number of ether oxygens (including phenoxy) is 9. The van der Waals surface area contributed by atoms with Crippen LogP contribution in [-0.2, 0) is 14.2 Å². The number of carbonyl (C=O) groups excluding carboxylic acids is 2. The smallest absolute Gasteiger partial charge is 0.387 e. The predicted molar refractivity (Wildman–Crippen MR) is 272 cm³/mol. The van der Waals surface area contributed by atoms with E-state index in [1.54, 1.807) is 47.3 Å². The van der Waals surface area contributed by atoms with Gasteiger partial charge in [0.05, 0.1) is 50.2 Å². The van der Waals surface area contributed by atoms with Gasteiger partial charge in [-0.15, -0.1) is 24.0 Å². The van der Waals surface area contributed by atoms with E-state index >= 15 is 0 Å². The largest absolute Gasteiger partial charge is 0.496 e. The molecule has 5 heterocycles. The molecule has 2 aliphatic carbocycles. The van der Waals surface area contributed by atoms with E-state index < -0.39 is 19.5 Å². The van der Waals surface area contributed by atoms with Crippen molar-refractivity contribution < 1.29 is 69.8 Å². The zero-order valence-electron chi connectivity index (χ0n) is 41.4. The highest BCUT2D eigenvalue weighted by molar-refractivity contribution is 14.0. The number of nitrogens with zero attached hydrogens (tertiary/aromatic N) is 5. The number of ketones is 2. The van der Waals surface area contributed by atoms with Crippen molar-refractivity contribution in [2.24, 2.45) is 11.8 Å². The highest BCUT2D eigenvalue weighted by Crippen LogP contribution is 2.42. The summed E-state index contributed by atoms with van der Waals surface area (Å²) in [5.74, 6) is 1.27. The summed E-state index contributed by atoms with van der Waals surface area (Å²) in [5, 5.41) is 0. The van der Waals surface area contributed by atoms with Crippen molar-refractivity contribution in [3.05, 3.63) is 84.4 Å². The Morgan fingerprint density at radius 1 is 0.658 bits per heavy atom. The average molecular weight is 1130 g/mol. The predicted octanol–water partition coefficient (Wildman–Crippen LogP) is 10.3. The second-order valence-corrected chi connectivity index (χ2v) is 18.0. The van der Waals surface area contributed by atoms with Crippen LogP contribution in [0.25, 0.3) is 33.8 Å². The molecule has 2 atom stereocenters. The number of hydrogen-bond donors (Lipinski definition) is 0. The van der Waals surface area contributed by atoms with E-state index in [1.165, 1.54) is 40.6 Å². The quantitative estimate of drug-likeness (QED) is 0.0259. The van der Waals surface area contributed by atoms with Crippen LogP contribution in [0.2, 0.25) is 0 Å². The van der Waals surface area contributed by atoms with Gasteiger partial charge in [-0.3, -0.25) is 23.3 Å². The number of methoxy groups -OCH3 is 4. The Labute approximate surface area is 437 Å². The van der Waals surface area contributed by atoms with Crippen molar-refractivity contribution in [1.82, 2.24) is 23.7 Å². The molecule has 0 bridgehead atoms.